The van der Waals surface area contributed by atoms with Gasteiger partial charge in [0.2, 0.25) is 12.7 Å². The lowest BCUT2D eigenvalue weighted by Gasteiger charge is -2.11. The highest BCUT2D eigenvalue weighted by atomic mass is 79.9. The highest BCUT2D eigenvalue weighted by Gasteiger charge is 2.16. The number of halogens is 2. The van der Waals surface area contributed by atoms with Gasteiger partial charge in [-0.15, -0.1) is 0 Å². The van der Waals surface area contributed by atoms with Crippen LogP contribution in [0, 0.1) is 44.5 Å². The molecule has 0 saturated carbocycles. The van der Waals surface area contributed by atoms with Gasteiger partial charge in [0.25, 0.3) is 0 Å². The normalized spacial score (nSPS) is 10.7. The number of aromatic nitrogens is 3. The molecule has 0 radical (unpaired) electrons. The molecule has 4 heterocycles. The minimum Gasteiger partial charge on any atom is -0.493 e. The fourth-order valence-corrected chi connectivity index (χ4v) is 5.86. The van der Waals surface area contributed by atoms with Crippen LogP contribution in [0.15, 0.2) is 108 Å². The molecule has 0 fully saturated rings. The largest absolute Gasteiger partial charge is 0.493 e. The molecule has 296 valence electrons. The highest BCUT2D eigenvalue weighted by molar-refractivity contribution is 9.10. The molecule has 0 spiro atoms. The minimum absolute atomic E-state index is 0.224. The van der Waals surface area contributed by atoms with Crippen LogP contribution in [0.2, 0.25) is 5.02 Å². The van der Waals surface area contributed by atoms with Crippen molar-refractivity contribution in [3.05, 3.63) is 169 Å². The van der Waals surface area contributed by atoms with E-state index in [-0.39, 0.29) is 6.79 Å². The van der Waals surface area contributed by atoms with Gasteiger partial charge in [0.05, 0.1) is 17.8 Å². The van der Waals surface area contributed by atoms with Gasteiger partial charge in [-0.05, 0) is 111 Å². The summed E-state index contributed by atoms with van der Waals surface area (Å²) in [6.45, 7) is 7.36. The molecule has 1 aliphatic rings. The fourth-order valence-electron chi connectivity index (χ4n) is 5.21. The van der Waals surface area contributed by atoms with Crippen molar-refractivity contribution in [3.63, 3.8) is 0 Å². The second kappa shape index (κ2) is 21.0. The Balaban J connectivity index is 0.000000169. The van der Waals surface area contributed by atoms with E-state index in [1.807, 2.05) is 99.7 Å². The van der Waals surface area contributed by atoms with E-state index in [0.717, 1.165) is 38.4 Å². The van der Waals surface area contributed by atoms with Gasteiger partial charge in [-0.1, -0.05) is 63.6 Å². The molecule has 0 atom stereocenters. The summed E-state index contributed by atoms with van der Waals surface area (Å²) < 4.78 is 21.9. The van der Waals surface area contributed by atoms with E-state index in [4.69, 9.17) is 36.3 Å². The molecule has 2 N–H and O–H groups in total. The summed E-state index contributed by atoms with van der Waals surface area (Å²) in [6, 6.07) is 31.2. The van der Waals surface area contributed by atoms with Crippen molar-refractivity contribution in [3.8, 4) is 46.7 Å². The van der Waals surface area contributed by atoms with Gasteiger partial charge in [-0.3, -0.25) is 14.6 Å². The number of carbonyl (C=O) groups excluding carboxylic acids is 2. The lowest BCUT2D eigenvalue weighted by molar-refractivity contribution is -0.132. The number of aryl methyl sites for hydroxylation is 3. The predicted octanol–water partition coefficient (Wildman–Crippen LogP) is 9.32. The molecule has 1 amide bonds. The maximum atomic E-state index is 11.3. The summed E-state index contributed by atoms with van der Waals surface area (Å²) in [4.78, 5) is 35.3. The molecule has 59 heavy (non-hydrogen) atoms. The van der Waals surface area contributed by atoms with Crippen molar-refractivity contribution in [2.24, 2.45) is 5.73 Å². The smallest absolute Gasteiger partial charge is 0.308 e. The summed E-state index contributed by atoms with van der Waals surface area (Å²) in [5.74, 6) is 13.3. The average molecular weight is 870 g/mol. The van der Waals surface area contributed by atoms with E-state index in [2.05, 4.69) is 54.6 Å². The molecule has 3 aromatic heterocycles. The second-order valence-electron chi connectivity index (χ2n) is 12.6. The van der Waals surface area contributed by atoms with Crippen LogP contribution >= 0.6 is 27.5 Å². The number of nitrogens with two attached hydrogens (primary N) is 1. The summed E-state index contributed by atoms with van der Waals surface area (Å²) in [7, 11) is 1.53. The molecule has 6 aromatic rings. The summed E-state index contributed by atoms with van der Waals surface area (Å²) in [5, 5.41) is 0.546. The molecule has 0 unspecified atom stereocenters. The van der Waals surface area contributed by atoms with Crippen LogP contribution < -0.4 is 24.7 Å². The zero-order valence-corrected chi connectivity index (χ0v) is 35.1. The predicted molar refractivity (Wildman–Crippen MR) is 232 cm³/mol. The number of hydrogen-bond acceptors (Lipinski definition) is 9. The summed E-state index contributed by atoms with van der Waals surface area (Å²) in [6.07, 6.45) is 3.70. The van der Waals surface area contributed by atoms with E-state index in [1.54, 1.807) is 36.4 Å². The molecule has 12 heteroatoms. The monoisotopic (exact) mass is 868 g/mol. The Hall–Kier alpha value is -6.92. The third kappa shape index (κ3) is 13.3. The first-order valence-corrected chi connectivity index (χ1v) is 19.1. The standard InChI is InChI=1S/C17H16BrNO3.C15H10ClNO2.C15H12N2O/c1-11-5-4-6-15(19-11)8-7-13-9-14(18)10-16(21-3)17(13)22-12(2)20;1-10-3-2-4-12(17-10)6-5-11-7-14-15(8-13(11)16)19-9-18-14;1-11-4-2-7-14(17-11)9-8-12-5-3-6-13(10-12)15(16)18/h4-10H,1-3H3;2-4,7-8H,9H2,1H3;2-7,10H,1H3,(H2,16,18). The van der Waals surface area contributed by atoms with Crippen molar-refractivity contribution in [1.82, 2.24) is 15.0 Å². The maximum absolute atomic E-state index is 11.3. The van der Waals surface area contributed by atoms with Crippen LogP contribution in [0.1, 0.15) is 68.1 Å². The zero-order chi connectivity index (χ0) is 42.3. The molecule has 10 nitrogen and oxygen atoms in total. The molecule has 0 bridgehead atoms. The number of carbonyl (C=O) groups is 2. The number of nitrogens with zero attached hydrogens (tertiary/aromatic N) is 3. The van der Waals surface area contributed by atoms with Crippen LogP contribution in [0.3, 0.4) is 0 Å². The van der Waals surface area contributed by atoms with Gasteiger partial charge in [-0.25, -0.2) is 9.97 Å². The Morgan fingerprint density at radius 3 is 1.98 bits per heavy atom. The first-order chi connectivity index (χ1) is 28.4. The number of fused-ring (bicyclic) bond motifs is 1. The van der Waals surface area contributed by atoms with Crippen molar-refractivity contribution in [1.29, 1.82) is 0 Å². The van der Waals surface area contributed by atoms with E-state index in [1.165, 1.54) is 14.0 Å². The van der Waals surface area contributed by atoms with Crippen LogP contribution in [0.4, 0.5) is 0 Å². The van der Waals surface area contributed by atoms with Crippen LogP contribution in [-0.4, -0.2) is 40.7 Å². The number of primary amides is 1. The van der Waals surface area contributed by atoms with Gasteiger partial charge in [0, 0.05) is 62.9 Å². The Labute approximate surface area is 356 Å². The molecule has 0 aliphatic carbocycles. The van der Waals surface area contributed by atoms with Crippen molar-refractivity contribution in [2.75, 3.05) is 13.9 Å². The van der Waals surface area contributed by atoms with E-state index < -0.39 is 11.9 Å². The molecular weight excluding hydrogens is 832 g/mol. The number of benzene rings is 3. The Morgan fingerprint density at radius 1 is 0.763 bits per heavy atom. The fraction of sp³-hybridized carbons (Fsp3) is 0.128. The lowest BCUT2D eigenvalue weighted by Crippen LogP contribution is -2.10. The van der Waals surface area contributed by atoms with Crippen molar-refractivity contribution < 1.29 is 28.5 Å². The molecule has 3 aromatic carbocycles. The number of hydrogen-bond donors (Lipinski definition) is 1. The number of pyridine rings is 3. The first-order valence-electron chi connectivity index (χ1n) is 17.9. The topological polar surface area (TPSA) is 136 Å². The van der Waals surface area contributed by atoms with Gasteiger partial charge < -0.3 is 24.7 Å². The number of esters is 1. The molecule has 1 aliphatic heterocycles. The quantitative estimate of drug-likeness (QED) is 0.102. The number of amides is 1. The Bertz CT molecular complexity index is 2660. The van der Waals surface area contributed by atoms with Gasteiger partial charge in [0.1, 0.15) is 11.4 Å². The Kier molecular flexibility index (Phi) is 15.4. The third-order valence-electron chi connectivity index (χ3n) is 7.90. The van der Waals surface area contributed by atoms with Gasteiger partial charge in [-0.2, -0.15) is 0 Å². The SMILES string of the molecule is COc1cc(Br)cc(C=Cc2cccc(C)n2)c1OC(C)=O.Cc1cccc(C#Cc2cc3c(cc2Cl)OCO3)n1.Cc1cccc(C#Cc2cccc(C(N)=O)c2)n1. The highest BCUT2D eigenvalue weighted by Crippen LogP contribution is 2.37. The molecular formula is C47H38BrClN4O6. The van der Waals surface area contributed by atoms with Gasteiger partial charge in [0.15, 0.2) is 23.0 Å². The van der Waals surface area contributed by atoms with Crippen molar-refractivity contribution in [2.45, 2.75) is 27.7 Å². The zero-order valence-electron chi connectivity index (χ0n) is 32.8. The van der Waals surface area contributed by atoms with E-state index in [9.17, 15) is 9.59 Å². The second-order valence-corrected chi connectivity index (χ2v) is 13.9. The Morgan fingerprint density at radius 2 is 1.37 bits per heavy atom. The van der Waals surface area contributed by atoms with Crippen LogP contribution in [-0.2, 0) is 4.79 Å². The third-order valence-corrected chi connectivity index (χ3v) is 8.67. The maximum Gasteiger partial charge on any atom is 0.308 e. The number of methoxy groups -OCH3 is 1. The van der Waals surface area contributed by atoms with Crippen molar-refractivity contribution >= 4 is 51.6 Å². The minimum atomic E-state index is -0.452. The van der Waals surface area contributed by atoms with E-state index in [0.29, 0.717) is 50.5 Å². The first kappa shape index (κ1) is 43.2. The summed E-state index contributed by atoms with van der Waals surface area (Å²) in [5.41, 5.74) is 12.9. The van der Waals surface area contributed by atoms with Crippen LogP contribution in [0.5, 0.6) is 23.0 Å². The number of ether oxygens (including phenoxy) is 4. The number of rotatable bonds is 5. The lowest BCUT2D eigenvalue weighted by atomic mass is 10.1. The van der Waals surface area contributed by atoms with E-state index >= 15 is 0 Å². The summed E-state index contributed by atoms with van der Waals surface area (Å²) >= 11 is 9.57. The van der Waals surface area contributed by atoms with Gasteiger partial charge >= 0.3 is 5.97 Å². The molecule has 7 rings (SSSR count). The molecule has 0 saturated heterocycles. The average Bonchev–Trinajstić information content (AvgIpc) is 3.67. The van der Waals surface area contributed by atoms with Crippen LogP contribution in [0.25, 0.3) is 12.2 Å².